The molecule has 2 aromatic rings. The molecule has 0 bridgehead atoms. The number of aromatic nitrogens is 2. The smallest absolute Gasteiger partial charge is 0.292 e. The molecule has 1 aromatic heterocycles. The molecule has 1 saturated heterocycles. The van der Waals surface area contributed by atoms with Crippen molar-refractivity contribution in [3.63, 3.8) is 0 Å². The largest absolute Gasteiger partial charge is 0.386 e. The fraction of sp³-hybridized carbons (Fsp3) is 0.417. The Kier molecular flexibility index (Phi) is 6.39. The van der Waals surface area contributed by atoms with Crippen molar-refractivity contribution >= 4 is 17.7 Å². The second kappa shape index (κ2) is 9.77. The first-order valence-electron chi connectivity index (χ1n) is 11.8. The molecule has 0 spiro atoms. The zero-order valence-electron chi connectivity index (χ0n) is 19.1. The van der Waals surface area contributed by atoms with Crippen molar-refractivity contribution in [1.82, 2.24) is 25.7 Å². The van der Waals surface area contributed by atoms with E-state index in [9.17, 15) is 18.8 Å². The van der Waals surface area contributed by atoms with E-state index in [-0.39, 0.29) is 35.4 Å². The highest BCUT2D eigenvalue weighted by molar-refractivity contribution is 5.96. The van der Waals surface area contributed by atoms with Crippen LogP contribution in [-0.4, -0.2) is 64.5 Å². The predicted molar refractivity (Wildman–Crippen MR) is 123 cm³/mol. The molecule has 10 nitrogen and oxygen atoms in total. The zero-order valence-corrected chi connectivity index (χ0v) is 19.1. The second-order valence-electron chi connectivity index (χ2n) is 9.00. The maximum atomic E-state index is 14.7. The Morgan fingerprint density at radius 3 is 2.83 bits per heavy atom. The molecule has 0 radical (unpaired) electrons. The highest BCUT2D eigenvalue weighted by Gasteiger charge is 2.30. The van der Waals surface area contributed by atoms with Gasteiger partial charge >= 0.3 is 0 Å². The van der Waals surface area contributed by atoms with Crippen LogP contribution < -0.4 is 10.6 Å². The number of H-pyrrole nitrogens is 1. The topological polar surface area (TPSA) is 132 Å². The summed E-state index contributed by atoms with van der Waals surface area (Å²) in [5.41, 5.74) is 2.66. The Bertz CT molecular complexity index is 1200. The van der Waals surface area contributed by atoms with Gasteiger partial charge in [0.1, 0.15) is 11.9 Å². The van der Waals surface area contributed by atoms with E-state index >= 15 is 0 Å². The van der Waals surface area contributed by atoms with Gasteiger partial charge in [-0.3, -0.25) is 19.5 Å². The maximum Gasteiger partial charge on any atom is 0.292 e. The predicted octanol–water partition coefficient (Wildman–Crippen LogP) is 2.12. The number of hydrogen-bond acceptors (Lipinski definition) is 6. The quantitative estimate of drug-likeness (QED) is 0.605. The molecule has 4 heterocycles. The Morgan fingerprint density at radius 2 is 2.06 bits per heavy atom. The van der Waals surface area contributed by atoms with Crippen LogP contribution in [0.5, 0.6) is 0 Å². The number of carbonyl (C=O) groups excluding carboxylic acids is 3. The molecule has 5 rings (SSSR count). The number of piperidine rings is 1. The van der Waals surface area contributed by atoms with Crippen LogP contribution in [0.1, 0.15) is 52.0 Å². The van der Waals surface area contributed by atoms with Crippen LogP contribution in [0.15, 0.2) is 52.1 Å². The second-order valence-corrected chi connectivity index (χ2v) is 9.00. The first-order chi connectivity index (χ1) is 17.0. The van der Waals surface area contributed by atoms with Gasteiger partial charge in [-0.1, -0.05) is 6.07 Å². The summed E-state index contributed by atoms with van der Waals surface area (Å²) in [7, 11) is 0. The lowest BCUT2D eigenvalue weighted by Crippen LogP contribution is -2.46. The van der Waals surface area contributed by atoms with Crippen LogP contribution in [0.3, 0.4) is 0 Å². The van der Waals surface area contributed by atoms with Gasteiger partial charge in [0.15, 0.2) is 0 Å². The van der Waals surface area contributed by atoms with Crippen molar-refractivity contribution in [3.8, 4) is 0 Å². The number of carbonyl (C=O) groups is 3. The molecule has 0 saturated carbocycles. The molecule has 3 amide bonds. The Hall–Kier alpha value is -3.89. The summed E-state index contributed by atoms with van der Waals surface area (Å²) in [6.07, 6.45) is 6.08. The molecule has 1 fully saturated rings. The monoisotopic (exact) mass is 479 g/mol. The average molecular weight is 480 g/mol. The molecule has 182 valence electrons. The van der Waals surface area contributed by atoms with Crippen molar-refractivity contribution in [1.29, 1.82) is 0 Å². The minimum absolute atomic E-state index is 0.0120. The van der Waals surface area contributed by atoms with Crippen LogP contribution in [0.4, 0.5) is 4.39 Å². The van der Waals surface area contributed by atoms with Gasteiger partial charge in [0.25, 0.3) is 17.7 Å². The van der Waals surface area contributed by atoms with Gasteiger partial charge in [-0.2, -0.15) is 10.2 Å². The SMILES string of the molecule is O=C1N=NC(Cc2ccc(F)c(C(=O)N3CCC(NC(=O)c4cn[nH]c4)CC3)c2)C2=C1CCCN2. The molecule has 1 aromatic carbocycles. The summed E-state index contributed by atoms with van der Waals surface area (Å²) in [6.45, 7) is 1.60. The van der Waals surface area contributed by atoms with Gasteiger partial charge in [-0.25, -0.2) is 4.39 Å². The third-order valence-corrected chi connectivity index (χ3v) is 6.69. The Morgan fingerprint density at radius 1 is 1.23 bits per heavy atom. The van der Waals surface area contributed by atoms with Gasteiger partial charge in [0.05, 0.1) is 17.3 Å². The number of azo groups is 1. The number of nitrogens with one attached hydrogen (secondary N) is 3. The van der Waals surface area contributed by atoms with Crippen molar-refractivity contribution in [2.75, 3.05) is 19.6 Å². The number of benzene rings is 1. The van der Waals surface area contributed by atoms with E-state index in [1.54, 1.807) is 17.0 Å². The Labute approximate surface area is 201 Å². The number of rotatable bonds is 5. The molecule has 3 aliphatic rings. The first-order valence-corrected chi connectivity index (χ1v) is 11.8. The van der Waals surface area contributed by atoms with Gasteiger partial charge in [0, 0.05) is 49.6 Å². The van der Waals surface area contributed by atoms with E-state index in [2.05, 4.69) is 31.1 Å². The lowest BCUT2D eigenvalue weighted by Gasteiger charge is -2.32. The first kappa shape index (κ1) is 22.9. The van der Waals surface area contributed by atoms with E-state index in [0.717, 1.165) is 24.2 Å². The van der Waals surface area contributed by atoms with E-state index in [4.69, 9.17) is 0 Å². The van der Waals surface area contributed by atoms with E-state index in [1.807, 2.05) is 0 Å². The van der Waals surface area contributed by atoms with Crippen LogP contribution in [0.2, 0.25) is 0 Å². The van der Waals surface area contributed by atoms with Crippen molar-refractivity contribution in [2.45, 2.75) is 44.2 Å². The minimum Gasteiger partial charge on any atom is -0.386 e. The van der Waals surface area contributed by atoms with Gasteiger partial charge in [-0.05, 0) is 43.4 Å². The summed E-state index contributed by atoms with van der Waals surface area (Å²) >= 11 is 0. The lowest BCUT2D eigenvalue weighted by molar-refractivity contribution is -0.115. The number of halogens is 1. The molecule has 3 aliphatic heterocycles. The summed E-state index contributed by atoms with van der Waals surface area (Å²) < 4.78 is 14.7. The minimum atomic E-state index is -0.578. The van der Waals surface area contributed by atoms with Gasteiger partial charge < -0.3 is 15.5 Å². The van der Waals surface area contributed by atoms with Crippen LogP contribution in [0, 0.1) is 5.82 Å². The number of aromatic amines is 1. The van der Waals surface area contributed by atoms with Gasteiger partial charge in [-0.15, -0.1) is 5.11 Å². The summed E-state index contributed by atoms with van der Waals surface area (Å²) in [5, 5.41) is 20.5. The highest BCUT2D eigenvalue weighted by Crippen LogP contribution is 2.27. The summed E-state index contributed by atoms with van der Waals surface area (Å²) in [6, 6.07) is 4.08. The lowest BCUT2D eigenvalue weighted by atomic mass is 9.93. The van der Waals surface area contributed by atoms with E-state index < -0.39 is 5.82 Å². The van der Waals surface area contributed by atoms with Crippen molar-refractivity contribution in [2.24, 2.45) is 10.2 Å². The standard InChI is InChI=1S/C24H26FN7O3/c25-19-4-3-14(11-20-21-17(2-1-7-26-21)23(34)31-30-20)10-18(19)24(35)32-8-5-16(6-9-32)29-22(33)15-12-27-28-13-15/h3-4,10,12-13,16,20,26H,1-2,5-9,11H2,(H,27,28)(H,29,33). The summed E-state index contributed by atoms with van der Waals surface area (Å²) in [5.74, 6) is -1.47. The number of hydrogen-bond donors (Lipinski definition) is 3. The van der Waals surface area contributed by atoms with E-state index in [1.165, 1.54) is 18.5 Å². The molecule has 11 heteroatoms. The highest BCUT2D eigenvalue weighted by atomic mass is 19.1. The zero-order chi connectivity index (χ0) is 24.4. The molecule has 35 heavy (non-hydrogen) atoms. The molecular formula is C24H26FN7O3. The fourth-order valence-corrected chi connectivity index (χ4v) is 4.78. The van der Waals surface area contributed by atoms with Crippen LogP contribution >= 0.6 is 0 Å². The number of nitrogens with zero attached hydrogens (tertiary/aromatic N) is 4. The third-order valence-electron chi connectivity index (χ3n) is 6.69. The normalized spacial score (nSPS) is 20.4. The summed E-state index contributed by atoms with van der Waals surface area (Å²) in [4.78, 5) is 39.0. The Balaban J connectivity index is 1.23. The molecular weight excluding hydrogens is 453 g/mol. The van der Waals surface area contributed by atoms with Crippen molar-refractivity contribution in [3.05, 3.63) is 64.4 Å². The van der Waals surface area contributed by atoms with Crippen LogP contribution in [-0.2, 0) is 11.2 Å². The molecule has 0 aliphatic carbocycles. The molecule has 3 N–H and O–H groups in total. The number of amides is 3. The van der Waals surface area contributed by atoms with E-state index in [0.29, 0.717) is 49.9 Å². The van der Waals surface area contributed by atoms with Gasteiger partial charge in [0.2, 0.25) is 0 Å². The fourth-order valence-electron chi connectivity index (χ4n) is 4.78. The third kappa shape index (κ3) is 4.84. The molecule has 1 atom stereocenters. The van der Waals surface area contributed by atoms with Crippen LogP contribution in [0.25, 0.3) is 0 Å². The average Bonchev–Trinajstić information content (AvgIpc) is 3.42. The van der Waals surface area contributed by atoms with Crippen molar-refractivity contribution < 1.29 is 18.8 Å². The maximum absolute atomic E-state index is 14.7. The molecule has 1 unspecified atom stereocenters. The number of likely N-dealkylation sites (tertiary alicyclic amines) is 1.